The van der Waals surface area contributed by atoms with Gasteiger partial charge in [-0.3, -0.25) is 9.59 Å². The topological polar surface area (TPSA) is 58.2 Å². The Morgan fingerprint density at radius 1 is 1.12 bits per heavy atom. The lowest BCUT2D eigenvalue weighted by atomic mass is 9.84. The molecule has 0 spiro atoms. The lowest BCUT2D eigenvalue weighted by molar-refractivity contribution is -0.121. The molecular formula is C20H28N2O2S. The van der Waals surface area contributed by atoms with Crippen molar-refractivity contribution in [1.82, 2.24) is 5.32 Å². The minimum Gasteiger partial charge on any atom is -0.352 e. The standard InChI is InChI=1S/C20H28N2O2S/c1-12(19-11-15-4-5-16(19)10-15)21-20(24)13(2)25-18-8-6-17(7-9-18)22-14(3)23/h6-9,12-13,15-16,19H,4-5,10-11H2,1-3H3,(H,21,24)(H,22,23)/t12-,13-,15+,16+,19+/m1/s1. The zero-order valence-electron chi connectivity index (χ0n) is 15.2. The van der Waals surface area contributed by atoms with Gasteiger partial charge in [-0.2, -0.15) is 0 Å². The summed E-state index contributed by atoms with van der Waals surface area (Å²) in [5.41, 5.74) is 0.777. The molecule has 0 aromatic heterocycles. The molecule has 2 aliphatic rings. The molecule has 1 aromatic rings. The first kappa shape index (κ1) is 18.3. The summed E-state index contributed by atoms with van der Waals surface area (Å²) in [6.07, 6.45) is 5.40. The summed E-state index contributed by atoms with van der Waals surface area (Å²) in [5, 5.41) is 5.87. The first-order valence-electron chi connectivity index (χ1n) is 9.27. The highest BCUT2D eigenvalue weighted by atomic mass is 32.2. The summed E-state index contributed by atoms with van der Waals surface area (Å²) in [4.78, 5) is 24.6. The predicted octanol–water partition coefficient (Wildman–Crippen LogP) is 4.07. The Hall–Kier alpha value is -1.49. The van der Waals surface area contributed by atoms with Crippen molar-refractivity contribution >= 4 is 29.3 Å². The fourth-order valence-electron chi connectivity index (χ4n) is 4.43. The second-order valence-corrected chi connectivity index (χ2v) is 9.02. The molecular weight excluding hydrogens is 332 g/mol. The van der Waals surface area contributed by atoms with E-state index in [1.807, 2.05) is 31.2 Å². The molecule has 0 aliphatic heterocycles. The van der Waals surface area contributed by atoms with Crippen LogP contribution < -0.4 is 10.6 Å². The van der Waals surface area contributed by atoms with Crippen molar-refractivity contribution in [3.8, 4) is 0 Å². The molecule has 2 N–H and O–H groups in total. The molecule has 2 bridgehead atoms. The molecule has 0 saturated heterocycles. The molecule has 2 aliphatic carbocycles. The molecule has 136 valence electrons. The first-order valence-corrected chi connectivity index (χ1v) is 10.1. The van der Waals surface area contributed by atoms with Crippen LogP contribution in [0.15, 0.2) is 29.2 Å². The van der Waals surface area contributed by atoms with Gasteiger partial charge in [0.1, 0.15) is 0 Å². The molecule has 2 saturated carbocycles. The van der Waals surface area contributed by atoms with E-state index in [-0.39, 0.29) is 23.1 Å². The number of nitrogens with one attached hydrogen (secondary N) is 2. The van der Waals surface area contributed by atoms with Gasteiger partial charge in [0, 0.05) is 23.5 Å². The Kier molecular flexibility index (Phi) is 5.72. The van der Waals surface area contributed by atoms with Crippen molar-refractivity contribution in [3.05, 3.63) is 24.3 Å². The molecule has 0 heterocycles. The summed E-state index contributed by atoms with van der Waals surface area (Å²) in [6, 6.07) is 7.89. The van der Waals surface area contributed by atoms with Crippen LogP contribution in [0.2, 0.25) is 0 Å². The van der Waals surface area contributed by atoms with Crippen molar-refractivity contribution in [2.75, 3.05) is 5.32 Å². The number of rotatable bonds is 6. The number of hydrogen-bond acceptors (Lipinski definition) is 3. The number of hydrogen-bond donors (Lipinski definition) is 2. The van der Waals surface area contributed by atoms with E-state index in [1.165, 1.54) is 32.6 Å². The number of carbonyl (C=O) groups is 2. The van der Waals surface area contributed by atoms with Crippen LogP contribution in [0.25, 0.3) is 0 Å². The molecule has 5 atom stereocenters. The lowest BCUT2D eigenvalue weighted by Crippen LogP contribution is -2.43. The quantitative estimate of drug-likeness (QED) is 0.752. The van der Waals surface area contributed by atoms with E-state index >= 15 is 0 Å². The van der Waals surface area contributed by atoms with Crippen molar-refractivity contribution in [2.45, 2.75) is 62.6 Å². The van der Waals surface area contributed by atoms with E-state index in [1.54, 1.807) is 11.8 Å². The van der Waals surface area contributed by atoms with E-state index in [9.17, 15) is 9.59 Å². The van der Waals surface area contributed by atoms with Crippen LogP contribution in [0.5, 0.6) is 0 Å². The Balaban J connectivity index is 1.49. The summed E-state index contributed by atoms with van der Waals surface area (Å²) in [7, 11) is 0. The van der Waals surface area contributed by atoms with E-state index in [0.29, 0.717) is 5.92 Å². The second-order valence-electron chi connectivity index (χ2n) is 7.60. The smallest absolute Gasteiger partial charge is 0.233 e. The highest BCUT2D eigenvalue weighted by Crippen LogP contribution is 2.49. The van der Waals surface area contributed by atoms with Crippen LogP contribution in [0, 0.1) is 17.8 Å². The lowest BCUT2D eigenvalue weighted by Gasteiger charge is -2.29. The summed E-state index contributed by atoms with van der Waals surface area (Å²) in [6.45, 7) is 5.62. The Labute approximate surface area is 154 Å². The van der Waals surface area contributed by atoms with Crippen LogP contribution in [-0.4, -0.2) is 23.1 Å². The van der Waals surface area contributed by atoms with Crippen molar-refractivity contribution in [1.29, 1.82) is 0 Å². The van der Waals surface area contributed by atoms with Crippen LogP contribution >= 0.6 is 11.8 Å². The Bertz CT molecular complexity index is 631. The summed E-state index contributed by atoms with van der Waals surface area (Å²) < 4.78 is 0. The van der Waals surface area contributed by atoms with Gasteiger partial charge in [0.05, 0.1) is 5.25 Å². The van der Waals surface area contributed by atoms with Crippen molar-refractivity contribution in [3.63, 3.8) is 0 Å². The molecule has 1 aromatic carbocycles. The minimum absolute atomic E-state index is 0.0808. The van der Waals surface area contributed by atoms with Gasteiger partial charge in [-0.1, -0.05) is 6.42 Å². The highest BCUT2D eigenvalue weighted by molar-refractivity contribution is 8.00. The van der Waals surface area contributed by atoms with Gasteiger partial charge in [-0.15, -0.1) is 11.8 Å². The maximum Gasteiger partial charge on any atom is 0.233 e. The van der Waals surface area contributed by atoms with Crippen LogP contribution in [0.1, 0.15) is 46.5 Å². The van der Waals surface area contributed by atoms with Crippen molar-refractivity contribution < 1.29 is 9.59 Å². The molecule has 2 fully saturated rings. The number of amides is 2. The Morgan fingerprint density at radius 2 is 1.84 bits per heavy atom. The normalized spacial score (nSPS) is 26.9. The maximum atomic E-state index is 12.5. The van der Waals surface area contributed by atoms with Crippen LogP contribution in [0.3, 0.4) is 0 Å². The average Bonchev–Trinajstić information content (AvgIpc) is 3.19. The van der Waals surface area contributed by atoms with E-state index < -0.39 is 0 Å². The molecule has 3 rings (SSSR count). The first-order chi connectivity index (χ1) is 11.9. The fourth-order valence-corrected chi connectivity index (χ4v) is 5.31. The second kappa shape index (κ2) is 7.81. The van der Waals surface area contributed by atoms with E-state index in [2.05, 4.69) is 17.6 Å². The highest BCUT2D eigenvalue weighted by Gasteiger charge is 2.42. The summed E-state index contributed by atoms with van der Waals surface area (Å²) in [5.74, 6) is 2.43. The number of anilines is 1. The van der Waals surface area contributed by atoms with Gasteiger partial charge in [0.15, 0.2) is 0 Å². The fraction of sp³-hybridized carbons (Fsp3) is 0.600. The van der Waals surface area contributed by atoms with Gasteiger partial charge in [0.25, 0.3) is 0 Å². The van der Waals surface area contributed by atoms with Crippen LogP contribution in [-0.2, 0) is 9.59 Å². The minimum atomic E-state index is -0.132. The molecule has 5 heteroatoms. The van der Waals surface area contributed by atoms with Gasteiger partial charge in [-0.05, 0) is 75.1 Å². The van der Waals surface area contributed by atoms with Crippen molar-refractivity contribution in [2.24, 2.45) is 17.8 Å². The summed E-state index contributed by atoms with van der Waals surface area (Å²) >= 11 is 1.55. The third kappa shape index (κ3) is 4.57. The zero-order valence-corrected chi connectivity index (χ0v) is 16.1. The SMILES string of the molecule is CC(=O)Nc1ccc(S[C@H](C)C(=O)N[C@H](C)[C@@H]2C[C@H]3CC[C@H]2C3)cc1. The third-order valence-corrected chi connectivity index (χ3v) is 6.77. The molecule has 25 heavy (non-hydrogen) atoms. The maximum absolute atomic E-state index is 12.5. The predicted molar refractivity (Wildman–Crippen MR) is 103 cm³/mol. The number of fused-ring (bicyclic) bond motifs is 2. The number of thioether (sulfide) groups is 1. The van der Waals surface area contributed by atoms with Gasteiger partial charge >= 0.3 is 0 Å². The average molecular weight is 361 g/mol. The Morgan fingerprint density at radius 3 is 2.40 bits per heavy atom. The number of carbonyl (C=O) groups excluding carboxylic acids is 2. The zero-order chi connectivity index (χ0) is 18.0. The molecule has 0 radical (unpaired) electrons. The van der Waals surface area contributed by atoms with Gasteiger partial charge < -0.3 is 10.6 Å². The molecule has 4 nitrogen and oxygen atoms in total. The van der Waals surface area contributed by atoms with E-state index in [4.69, 9.17) is 0 Å². The van der Waals surface area contributed by atoms with Gasteiger partial charge in [-0.25, -0.2) is 0 Å². The number of benzene rings is 1. The van der Waals surface area contributed by atoms with Crippen LogP contribution in [0.4, 0.5) is 5.69 Å². The molecule has 0 unspecified atom stereocenters. The monoisotopic (exact) mass is 360 g/mol. The largest absolute Gasteiger partial charge is 0.352 e. The van der Waals surface area contributed by atoms with E-state index in [0.717, 1.165) is 22.4 Å². The third-order valence-electron chi connectivity index (χ3n) is 5.66. The molecule has 2 amide bonds. The van der Waals surface area contributed by atoms with Gasteiger partial charge in [0.2, 0.25) is 11.8 Å².